The summed E-state index contributed by atoms with van der Waals surface area (Å²) in [6.45, 7) is 0. The molecule has 0 aromatic heterocycles. The Morgan fingerprint density at radius 3 is 2.22 bits per heavy atom. The third-order valence-electron chi connectivity index (χ3n) is 3.92. The average Bonchev–Trinajstić information content (AvgIpc) is 3.31. The molecule has 1 fully saturated rings. The summed E-state index contributed by atoms with van der Waals surface area (Å²) in [6, 6.07) is 13.7. The number of anilines is 1. The van der Waals surface area contributed by atoms with Gasteiger partial charge in [-0.1, -0.05) is 35.5 Å². The van der Waals surface area contributed by atoms with Crippen molar-refractivity contribution in [1.82, 2.24) is 0 Å². The number of carbonyl (C=O) groups excluding carboxylic acids is 1. The van der Waals surface area contributed by atoms with E-state index in [-0.39, 0.29) is 5.91 Å². The highest BCUT2D eigenvalue weighted by Gasteiger charge is 2.51. The van der Waals surface area contributed by atoms with Crippen molar-refractivity contribution >= 4 is 35.0 Å². The lowest BCUT2D eigenvalue weighted by Gasteiger charge is -2.16. The van der Waals surface area contributed by atoms with Crippen LogP contribution in [0.5, 0.6) is 0 Å². The quantitative estimate of drug-likeness (QED) is 0.736. The molecule has 2 aromatic carbocycles. The Balaban J connectivity index is 1.70. The lowest BCUT2D eigenvalue weighted by Crippen LogP contribution is -2.27. The van der Waals surface area contributed by atoms with Crippen molar-refractivity contribution in [1.29, 1.82) is 0 Å². The fourth-order valence-electron chi connectivity index (χ4n) is 2.51. The molecule has 0 saturated heterocycles. The third-order valence-corrected chi connectivity index (χ3v) is 4.89. The number of nitrogens with one attached hydrogen (secondary N) is 1. The van der Waals surface area contributed by atoms with Crippen molar-refractivity contribution in [2.75, 3.05) is 5.32 Å². The van der Waals surface area contributed by atoms with E-state index in [1.54, 1.807) is 36.4 Å². The van der Waals surface area contributed by atoms with Crippen LogP contribution in [-0.2, 0) is 10.2 Å². The van der Waals surface area contributed by atoms with E-state index in [1.165, 1.54) is 0 Å². The monoisotopic (exact) mass is 353 g/mol. The first-order valence-electron chi connectivity index (χ1n) is 7.12. The van der Waals surface area contributed by atoms with Gasteiger partial charge in [-0.25, -0.2) is 0 Å². The maximum atomic E-state index is 12.6. The molecule has 0 unspecified atom stereocenters. The number of rotatable bonds is 5. The Kier molecular flexibility index (Phi) is 4.60. The van der Waals surface area contributed by atoms with Gasteiger partial charge >= 0.3 is 0 Å². The summed E-state index contributed by atoms with van der Waals surface area (Å²) in [5.41, 5.74) is 1.05. The van der Waals surface area contributed by atoms with Gasteiger partial charge in [-0.3, -0.25) is 4.79 Å². The van der Waals surface area contributed by atoms with Gasteiger partial charge in [0.05, 0.1) is 5.41 Å². The maximum absolute atomic E-state index is 12.6. The highest BCUT2D eigenvalue weighted by Crippen LogP contribution is 2.49. The van der Waals surface area contributed by atoms with Crippen molar-refractivity contribution in [2.24, 2.45) is 0 Å². The van der Waals surface area contributed by atoms with Crippen LogP contribution in [0.3, 0.4) is 0 Å². The highest BCUT2D eigenvalue weighted by atomic mass is 35.5. The highest BCUT2D eigenvalue weighted by molar-refractivity contribution is 7.99. The van der Waals surface area contributed by atoms with Crippen LogP contribution in [0.1, 0.15) is 18.4 Å². The zero-order valence-corrected chi connectivity index (χ0v) is 13.6. The summed E-state index contributed by atoms with van der Waals surface area (Å²) < 4.78 is 24.6. The molecule has 0 atom stereocenters. The molecule has 0 heterocycles. The van der Waals surface area contributed by atoms with Crippen LogP contribution in [0.4, 0.5) is 14.5 Å². The Morgan fingerprint density at radius 2 is 1.70 bits per heavy atom. The lowest BCUT2D eigenvalue weighted by molar-refractivity contribution is -0.118. The summed E-state index contributed by atoms with van der Waals surface area (Å²) in [6.07, 6.45) is 1.58. The molecular weight excluding hydrogens is 340 g/mol. The molecule has 0 aliphatic heterocycles. The maximum Gasteiger partial charge on any atom is 0.288 e. The smallest absolute Gasteiger partial charge is 0.288 e. The predicted molar refractivity (Wildman–Crippen MR) is 89.3 cm³/mol. The van der Waals surface area contributed by atoms with Crippen LogP contribution < -0.4 is 5.32 Å². The first-order valence-corrected chi connectivity index (χ1v) is 8.38. The van der Waals surface area contributed by atoms with Gasteiger partial charge in [0, 0.05) is 15.6 Å². The van der Waals surface area contributed by atoms with Gasteiger partial charge in [-0.15, -0.1) is 0 Å². The van der Waals surface area contributed by atoms with Gasteiger partial charge in [0.25, 0.3) is 5.76 Å². The SMILES string of the molecule is O=C(Nc1ccc(SC(F)F)cc1)C1(c2ccc(Cl)cc2)CC1. The predicted octanol–water partition coefficient (Wildman–Crippen LogP) is 5.33. The van der Waals surface area contributed by atoms with Gasteiger partial charge in [-0.2, -0.15) is 8.78 Å². The van der Waals surface area contributed by atoms with Crippen molar-refractivity contribution in [2.45, 2.75) is 28.9 Å². The van der Waals surface area contributed by atoms with Gasteiger partial charge in [0.1, 0.15) is 0 Å². The first-order chi connectivity index (χ1) is 11.0. The van der Waals surface area contributed by atoms with E-state index >= 15 is 0 Å². The largest absolute Gasteiger partial charge is 0.325 e. The summed E-state index contributed by atoms with van der Waals surface area (Å²) in [4.78, 5) is 13.0. The van der Waals surface area contributed by atoms with E-state index in [2.05, 4.69) is 5.32 Å². The van der Waals surface area contributed by atoms with E-state index in [0.29, 0.717) is 27.4 Å². The molecule has 1 amide bonds. The van der Waals surface area contributed by atoms with Gasteiger partial charge in [-0.05, 0) is 54.8 Å². The molecule has 2 nitrogen and oxygen atoms in total. The second kappa shape index (κ2) is 6.49. The van der Waals surface area contributed by atoms with Gasteiger partial charge < -0.3 is 5.32 Å². The van der Waals surface area contributed by atoms with E-state index in [4.69, 9.17) is 11.6 Å². The third kappa shape index (κ3) is 3.67. The summed E-state index contributed by atoms with van der Waals surface area (Å²) in [7, 11) is 0. The van der Waals surface area contributed by atoms with Crippen LogP contribution in [-0.4, -0.2) is 11.7 Å². The Labute approximate surface area is 142 Å². The Hall–Kier alpha value is -1.59. The molecule has 23 heavy (non-hydrogen) atoms. The molecule has 120 valence electrons. The van der Waals surface area contributed by atoms with Crippen LogP contribution in [0.15, 0.2) is 53.4 Å². The molecule has 3 rings (SSSR count). The Morgan fingerprint density at radius 1 is 1.09 bits per heavy atom. The number of amides is 1. The molecule has 2 aromatic rings. The Bertz CT molecular complexity index is 700. The van der Waals surface area contributed by atoms with Crippen molar-refractivity contribution in [3.8, 4) is 0 Å². The number of hydrogen-bond donors (Lipinski definition) is 1. The summed E-state index contributed by atoms with van der Waals surface area (Å²) in [5.74, 6) is -2.52. The zero-order valence-electron chi connectivity index (χ0n) is 12.1. The van der Waals surface area contributed by atoms with E-state index in [9.17, 15) is 13.6 Å². The minimum absolute atomic E-state index is 0.0749. The van der Waals surface area contributed by atoms with Crippen LogP contribution in [0.25, 0.3) is 0 Å². The minimum Gasteiger partial charge on any atom is -0.325 e. The number of halogens is 3. The molecule has 0 radical (unpaired) electrons. The van der Waals surface area contributed by atoms with Crippen molar-refractivity contribution in [3.05, 3.63) is 59.1 Å². The van der Waals surface area contributed by atoms with E-state index in [1.807, 2.05) is 12.1 Å². The van der Waals surface area contributed by atoms with Crippen molar-refractivity contribution in [3.63, 3.8) is 0 Å². The molecular formula is C17H14ClF2NOS. The fourth-order valence-corrected chi connectivity index (χ4v) is 3.14. The molecule has 1 N–H and O–H groups in total. The first kappa shape index (κ1) is 16.3. The molecule has 0 spiro atoms. The topological polar surface area (TPSA) is 29.1 Å². The second-order valence-corrected chi connectivity index (χ2v) is 6.95. The average molecular weight is 354 g/mol. The summed E-state index contributed by atoms with van der Waals surface area (Å²) >= 11 is 6.37. The van der Waals surface area contributed by atoms with Crippen LogP contribution >= 0.6 is 23.4 Å². The van der Waals surface area contributed by atoms with Gasteiger partial charge in [0.15, 0.2) is 0 Å². The number of carbonyl (C=O) groups is 1. The number of alkyl halides is 2. The van der Waals surface area contributed by atoms with E-state index in [0.717, 1.165) is 18.4 Å². The van der Waals surface area contributed by atoms with E-state index < -0.39 is 11.2 Å². The number of benzene rings is 2. The fraction of sp³-hybridized carbons (Fsp3) is 0.235. The van der Waals surface area contributed by atoms with Crippen molar-refractivity contribution < 1.29 is 13.6 Å². The van der Waals surface area contributed by atoms with Crippen LogP contribution in [0.2, 0.25) is 5.02 Å². The summed E-state index contributed by atoms with van der Waals surface area (Å²) in [5, 5.41) is 3.51. The standard InChI is InChI=1S/C17H14ClF2NOS/c18-12-3-1-11(2-4-12)17(9-10-17)15(22)21-13-5-7-14(8-6-13)23-16(19)20/h1-8,16H,9-10H2,(H,21,22). The molecule has 1 aliphatic carbocycles. The molecule has 1 saturated carbocycles. The number of thioether (sulfide) groups is 1. The number of hydrogen-bond acceptors (Lipinski definition) is 2. The molecule has 0 bridgehead atoms. The zero-order chi connectivity index (χ0) is 16.4. The van der Waals surface area contributed by atoms with Gasteiger partial charge in [0.2, 0.25) is 5.91 Å². The normalized spacial score (nSPS) is 15.5. The minimum atomic E-state index is -2.45. The molecule has 1 aliphatic rings. The second-order valence-electron chi connectivity index (χ2n) is 5.45. The van der Waals surface area contributed by atoms with Crippen LogP contribution in [0, 0.1) is 0 Å². The lowest BCUT2D eigenvalue weighted by atomic mass is 9.95. The molecule has 6 heteroatoms.